The van der Waals surface area contributed by atoms with Crippen molar-refractivity contribution in [1.29, 1.82) is 0 Å². The standard InChI is InChI=1S/C48H38N4O2Si2/c1-55(2)43-17-9-5-13-37(43)51(38-14-6-10-18-44(38)55)33-25-21-31(22-26-33)47-49-35-29-36-42(30-41(35)53-47)54-48(50-36)32-23-27-34(28-24-32)52-39-15-7-11-19-45(39)56(3,4)46-20-12-8-16-40(46)52/h5-30H,1-4H3. The third-order valence-corrected chi connectivity index (χ3v) is 19.0. The molecule has 56 heavy (non-hydrogen) atoms. The molecule has 9 aromatic rings. The summed E-state index contributed by atoms with van der Waals surface area (Å²) in [6, 6.07) is 56.3. The molecular formula is C48H38N4O2Si2. The van der Waals surface area contributed by atoms with Crippen molar-refractivity contribution in [3.8, 4) is 22.9 Å². The third kappa shape index (κ3) is 4.85. The zero-order valence-electron chi connectivity index (χ0n) is 31.6. The Morgan fingerprint density at radius 2 is 0.714 bits per heavy atom. The fourth-order valence-corrected chi connectivity index (χ4v) is 15.0. The molecule has 0 fully saturated rings. The number of hydrogen-bond donors (Lipinski definition) is 0. The topological polar surface area (TPSA) is 58.5 Å². The van der Waals surface area contributed by atoms with Gasteiger partial charge in [-0.3, -0.25) is 0 Å². The Hall–Kier alpha value is -6.49. The van der Waals surface area contributed by atoms with Crippen molar-refractivity contribution in [2.75, 3.05) is 9.80 Å². The van der Waals surface area contributed by atoms with Gasteiger partial charge >= 0.3 is 0 Å². The van der Waals surface area contributed by atoms with Crippen molar-refractivity contribution in [1.82, 2.24) is 9.97 Å². The van der Waals surface area contributed by atoms with E-state index in [0.717, 1.165) is 33.5 Å². The smallest absolute Gasteiger partial charge is 0.227 e. The molecule has 11 rings (SSSR count). The largest absolute Gasteiger partial charge is 0.436 e. The van der Waals surface area contributed by atoms with Crippen LogP contribution < -0.4 is 30.5 Å². The third-order valence-electron chi connectivity index (χ3n) is 11.9. The van der Waals surface area contributed by atoms with Crippen LogP contribution in [-0.2, 0) is 0 Å². The van der Waals surface area contributed by atoms with Crippen LogP contribution in [0.4, 0.5) is 34.1 Å². The number of para-hydroxylation sites is 4. The molecule has 0 saturated heterocycles. The molecule has 0 aliphatic carbocycles. The predicted octanol–water partition coefficient (Wildman–Crippen LogP) is 10.5. The lowest BCUT2D eigenvalue weighted by Crippen LogP contribution is -2.58. The van der Waals surface area contributed by atoms with Crippen molar-refractivity contribution >= 4 is 93.2 Å². The summed E-state index contributed by atoms with van der Waals surface area (Å²) in [5.74, 6) is 1.13. The van der Waals surface area contributed by atoms with E-state index in [1.165, 1.54) is 43.5 Å². The Morgan fingerprint density at radius 1 is 0.393 bits per heavy atom. The summed E-state index contributed by atoms with van der Waals surface area (Å²) < 4.78 is 12.7. The molecule has 2 aromatic heterocycles. The molecule has 0 radical (unpaired) electrons. The van der Waals surface area contributed by atoms with Gasteiger partial charge in [0.2, 0.25) is 11.8 Å². The molecule has 6 nitrogen and oxygen atoms in total. The van der Waals surface area contributed by atoms with Gasteiger partial charge in [-0.15, -0.1) is 0 Å². The first-order chi connectivity index (χ1) is 27.3. The van der Waals surface area contributed by atoms with Crippen LogP contribution in [0.3, 0.4) is 0 Å². The Morgan fingerprint density at radius 3 is 1.05 bits per heavy atom. The van der Waals surface area contributed by atoms with Gasteiger partial charge in [0.05, 0.1) is 0 Å². The summed E-state index contributed by atoms with van der Waals surface area (Å²) >= 11 is 0. The van der Waals surface area contributed by atoms with E-state index in [9.17, 15) is 0 Å². The molecule has 0 bridgehead atoms. The highest BCUT2D eigenvalue weighted by Crippen LogP contribution is 2.41. The minimum absolute atomic E-state index is 0.565. The Labute approximate surface area is 327 Å². The van der Waals surface area contributed by atoms with E-state index in [1.807, 2.05) is 12.1 Å². The lowest BCUT2D eigenvalue weighted by atomic mass is 10.1. The summed E-state index contributed by atoms with van der Waals surface area (Å²) in [6.45, 7) is 9.77. The first-order valence-electron chi connectivity index (χ1n) is 19.2. The van der Waals surface area contributed by atoms with E-state index >= 15 is 0 Å². The fraction of sp³-hybridized carbons (Fsp3) is 0.0833. The van der Waals surface area contributed by atoms with Crippen molar-refractivity contribution < 1.29 is 8.83 Å². The second kappa shape index (κ2) is 12.0. The van der Waals surface area contributed by atoms with E-state index in [4.69, 9.17) is 18.8 Å². The van der Waals surface area contributed by atoms with Crippen LogP contribution in [0.5, 0.6) is 0 Å². The minimum atomic E-state index is -1.84. The minimum Gasteiger partial charge on any atom is -0.436 e. The molecule has 0 N–H and O–H groups in total. The molecule has 2 aliphatic heterocycles. The lowest BCUT2D eigenvalue weighted by Gasteiger charge is -2.41. The van der Waals surface area contributed by atoms with Crippen LogP contribution in [0.25, 0.3) is 45.1 Å². The molecule has 0 saturated carbocycles. The molecule has 2 aliphatic rings. The van der Waals surface area contributed by atoms with E-state index in [-0.39, 0.29) is 0 Å². The second-order valence-corrected chi connectivity index (χ2v) is 24.6. The quantitative estimate of drug-likeness (QED) is 0.167. The molecule has 270 valence electrons. The van der Waals surface area contributed by atoms with Gasteiger partial charge in [-0.05, 0) is 99.6 Å². The van der Waals surface area contributed by atoms with E-state index in [0.29, 0.717) is 22.9 Å². The first-order valence-corrected chi connectivity index (χ1v) is 25.2. The van der Waals surface area contributed by atoms with Gasteiger partial charge in [0.15, 0.2) is 11.2 Å². The zero-order valence-corrected chi connectivity index (χ0v) is 33.6. The van der Waals surface area contributed by atoms with Crippen LogP contribution in [-0.4, -0.2) is 26.1 Å². The first kappa shape index (κ1) is 32.9. The lowest BCUT2D eigenvalue weighted by molar-refractivity contribution is 0.609. The monoisotopic (exact) mass is 758 g/mol. The molecule has 0 amide bonds. The van der Waals surface area contributed by atoms with E-state index in [1.54, 1.807) is 0 Å². The summed E-state index contributed by atoms with van der Waals surface area (Å²) in [7, 11) is -3.68. The summed E-state index contributed by atoms with van der Waals surface area (Å²) in [5, 5.41) is 5.78. The number of benzene rings is 7. The molecule has 0 spiro atoms. The number of nitrogens with zero attached hydrogens (tertiary/aromatic N) is 4. The summed E-state index contributed by atoms with van der Waals surface area (Å²) in [4.78, 5) is 14.6. The number of aromatic nitrogens is 2. The SMILES string of the molecule is C[Si]1(C)c2ccccc2N(c2ccc(-c3nc4cc5nc(-c6ccc(N7c8ccccc8[Si](C)(C)c8ccccc87)cc6)oc5cc4o3)cc2)c2ccccc21. The van der Waals surface area contributed by atoms with Crippen LogP contribution >= 0.6 is 0 Å². The van der Waals surface area contributed by atoms with Crippen molar-refractivity contribution in [3.05, 3.63) is 158 Å². The molecule has 0 unspecified atom stereocenters. The second-order valence-electron chi connectivity index (χ2n) is 15.9. The fourth-order valence-electron chi connectivity index (χ4n) is 9.00. The highest BCUT2D eigenvalue weighted by atomic mass is 28.3. The maximum absolute atomic E-state index is 6.35. The van der Waals surface area contributed by atoms with Crippen LogP contribution in [0.2, 0.25) is 26.2 Å². The average molecular weight is 759 g/mol. The summed E-state index contributed by atoms with van der Waals surface area (Å²) in [5.41, 5.74) is 11.9. The maximum Gasteiger partial charge on any atom is 0.227 e. The van der Waals surface area contributed by atoms with Crippen LogP contribution in [0.15, 0.2) is 167 Å². The zero-order chi connectivity index (χ0) is 37.8. The summed E-state index contributed by atoms with van der Waals surface area (Å²) in [6.07, 6.45) is 0. The Bertz CT molecular complexity index is 2650. The number of oxazole rings is 2. The number of anilines is 6. The van der Waals surface area contributed by atoms with Crippen molar-refractivity contribution in [3.63, 3.8) is 0 Å². The van der Waals surface area contributed by atoms with Crippen molar-refractivity contribution in [2.24, 2.45) is 0 Å². The van der Waals surface area contributed by atoms with Gasteiger partial charge in [-0.1, -0.05) is 99.0 Å². The van der Waals surface area contributed by atoms with E-state index < -0.39 is 16.1 Å². The molecule has 7 aromatic carbocycles. The van der Waals surface area contributed by atoms with Gasteiger partial charge in [-0.2, -0.15) is 0 Å². The van der Waals surface area contributed by atoms with Crippen LogP contribution in [0.1, 0.15) is 0 Å². The molecule has 0 atom stereocenters. The Balaban J connectivity index is 0.889. The highest BCUT2D eigenvalue weighted by Gasteiger charge is 2.39. The van der Waals surface area contributed by atoms with Crippen molar-refractivity contribution in [2.45, 2.75) is 26.2 Å². The molecule has 8 heteroatoms. The number of rotatable bonds is 4. The maximum atomic E-state index is 6.35. The van der Waals surface area contributed by atoms with Gasteiger partial charge in [0.1, 0.15) is 27.2 Å². The van der Waals surface area contributed by atoms with Gasteiger partial charge in [-0.25, -0.2) is 9.97 Å². The van der Waals surface area contributed by atoms with Gasteiger partial charge in [0.25, 0.3) is 0 Å². The van der Waals surface area contributed by atoms with Gasteiger partial charge < -0.3 is 18.6 Å². The molecular weight excluding hydrogens is 721 g/mol. The number of fused-ring (bicyclic) bond motifs is 6. The molecule has 4 heterocycles. The predicted molar refractivity (Wildman–Crippen MR) is 235 cm³/mol. The van der Waals surface area contributed by atoms with Gasteiger partial charge in [0, 0.05) is 51.3 Å². The average Bonchev–Trinajstić information content (AvgIpc) is 3.84. The Kier molecular flexibility index (Phi) is 7.05. The number of hydrogen-bond acceptors (Lipinski definition) is 6. The normalized spacial score (nSPS) is 15.0. The highest BCUT2D eigenvalue weighted by molar-refractivity contribution is 7.03. The van der Waals surface area contributed by atoms with E-state index in [2.05, 4.69) is 182 Å². The van der Waals surface area contributed by atoms with Crippen LogP contribution in [0, 0.1) is 0 Å².